The number of aryl methyl sites for hydroxylation is 1. The molecule has 1 aromatic carbocycles. The average molecular weight is 479 g/mol. The first-order valence-corrected chi connectivity index (χ1v) is 12.0. The second kappa shape index (κ2) is 11.9. The summed E-state index contributed by atoms with van der Waals surface area (Å²) in [6, 6.07) is 8.45. The molecule has 0 aliphatic carbocycles. The van der Waals surface area contributed by atoms with Gasteiger partial charge < -0.3 is 9.14 Å². The van der Waals surface area contributed by atoms with Crippen LogP contribution in [-0.4, -0.2) is 28.3 Å². The number of fused-ring (bicyclic) bond motifs is 1. The number of pyridine rings is 1. The number of nitrogens with zero attached hydrogens (tertiary/aromatic N) is 4. The summed E-state index contributed by atoms with van der Waals surface area (Å²) in [5.74, 6) is -1.75. The molecule has 0 radical (unpaired) electrons. The molecule has 0 saturated heterocycles. The van der Waals surface area contributed by atoms with Gasteiger partial charge in [-0.3, -0.25) is 0 Å². The first-order chi connectivity index (χ1) is 16.8. The van der Waals surface area contributed by atoms with Crippen molar-refractivity contribution in [3.63, 3.8) is 0 Å². The summed E-state index contributed by atoms with van der Waals surface area (Å²) < 4.78 is 38.8. The van der Waals surface area contributed by atoms with Crippen LogP contribution in [0.25, 0.3) is 16.9 Å². The van der Waals surface area contributed by atoms with Crippen LogP contribution in [-0.2, 0) is 11.2 Å². The van der Waals surface area contributed by atoms with Crippen molar-refractivity contribution in [1.29, 1.82) is 5.26 Å². The number of halogens is 2. The van der Waals surface area contributed by atoms with Gasteiger partial charge in [0, 0.05) is 31.4 Å². The molecular formula is C28H32F2N4O. The number of imidazole rings is 1. The van der Waals surface area contributed by atoms with Gasteiger partial charge in [-0.15, -0.1) is 0 Å². The molecule has 0 spiro atoms. The van der Waals surface area contributed by atoms with Gasteiger partial charge in [-0.05, 0) is 62.1 Å². The molecule has 0 bridgehead atoms. The Morgan fingerprint density at radius 3 is 2.57 bits per heavy atom. The summed E-state index contributed by atoms with van der Waals surface area (Å²) in [5, 5.41) is 9.02. The predicted octanol–water partition coefficient (Wildman–Crippen LogP) is 6.94. The van der Waals surface area contributed by atoms with Crippen LogP contribution in [0.1, 0.15) is 63.3 Å². The highest BCUT2D eigenvalue weighted by Gasteiger charge is 2.24. The lowest BCUT2D eigenvalue weighted by molar-refractivity contribution is 0.0508. The fourth-order valence-electron chi connectivity index (χ4n) is 3.94. The Morgan fingerprint density at radius 1 is 1.26 bits per heavy atom. The van der Waals surface area contributed by atoms with Gasteiger partial charge in [-0.25, -0.2) is 18.8 Å². The largest absolute Gasteiger partial charge is 0.378 e. The van der Waals surface area contributed by atoms with E-state index in [0.29, 0.717) is 24.2 Å². The normalized spacial score (nSPS) is 13.9. The van der Waals surface area contributed by atoms with Gasteiger partial charge in [0.05, 0.1) is 23.1 Å². The second-order valence-corrected chi connectivity index (χ2v) is 8.66. The zero-order chi connectivity index (χ0) is 25.5. The van der Waals surface area contributed by atoms with Crippen molar-refractivity contribution < 1.29 is 13.5 Å². The smallest absolute Gasteiger partial charge is 0.137 e. The van der Waals surface area contributed by atoms with Crippen LogP contribution < -0.4 is 0 Å². The van der Waals surface area contributed by atoms with E-state index in [2.05, 4.69) is 9.98 Å². The maximum absolute atomic E-state index is 15.5. The topological polar surface area (TPSA) is 62.7 Å². The van der Waals surface area contributed by atoms with Crippen LogP contribution in [0.2, 0.25) is 0 Å². The Morgan fingerprint density at radius 2 is 1.97 bits per heavy atom. The molecule has 184 valence electrons. The number of aliphatic imine (C=N–C) groups is 1. The van der Waals surface area contributed by atoms with Crippen molar-refractivity contribution in [2.75, 3.05) is 6.61 Å². The maximum atomic E-state index is 15.5. The van der Waals surface area contributed by atoms with E-state index in [4.69, 9.17) is 10.00 Å². The summed E-state index contributed by atoms with van der Waals surface area (Å²) in [4.78, 5) is 8.74. The fraction of sp³-hybridized carbons (Fsp3) is 0.393. The summed E-state index contributed by atoms with van der Waals surface area (Å²) in [7, 11) is 0. The number of aromatic nitrogens is 2. The first-order valence-electron chi connectivity index (χ1n) is 12.0. The van der Waals surface area contributed by atoms with Gasteiger partial charge >= 0.3 is 0 Å². The number of benzene rings is 1. The molecule has 0 saturated carbocycles. The minimum atomic E-state index is -0.685. The van der Waals surface area contributed by atoms with E-state index in [1.165, 1.54) is 18.3 Å². The highest BCUT2D eigenvalue weighted by atomic mass is 19.1. The standard InChI is InChI=1S/C28H32F2N4O/c1-6-11-35-22(8-3)15-25-28(33-26-12-18(4)9-10-34(25)26)27-23(29)13-20(14-24(27)30)19(5)17-32-21(7-2)16-31/h7,9-10,12-14,17,19,22H,6,8,11,15H2,1-5H3/b21-7-,32-17-. The molecule has 2 heterocycles. The lowest BCUT2D eigenvalue weighted by Gasteiger charge is -2.17. The molecule has 2 atom stereocenters. The second-order valence-electron chi connectivity index (χ2n) is 8.66. The van der Waals surface area contributed by atoms with Gasteiger partial charge in [-0.1, -0.05) is 26.8 Å². The Kier molecular flexibility index (Phi) is 8.89. The number of nitriles is 1. The lowest BCUT2D eigenvalue weighted by atomic mass is 9.97. The molecule has 5 nitrogen and oxygen atoms in total. The zero-order valence-corrected chi connectivity index (χ0v) is 21.0. The minimum Gasteiger partial charge on any atom is -0.378 e. The van der Waals surface area contributed by atoms with E-state index in [-0.39, 0.29) is 29.0 Å². The van der Waals surface area contributed by atoms with E-state index < -0.39 is 11.6 Å². The third-order valence-corrected chi connectivity index (χ3v) is 5.97. The zero-order valence-electron chi connectivity index (χ0n) is 21.0. The van der Waals surface area contributed by atoms with Crippen LogP contribution >= 0.6 is 0 Å². The minimum absolute atomic E-state index is 0.0857. The Balaban J connectivity index is 2.08. The van der Waals surface area contributed by atoms with Crippen LogP contribution in [0.4, 0.5) is 8.78 Å². The molecule has 0 N–H and O–H groups in total. The summed E-state index contributed by atoms with van der Waals surface area (Å²) in [6.07, 6.45) is 7.05. The molecule has 3 aromatic rings. The molecule has 3 rings (SSSR count). The fourth-order valence-corrected chi connectivity index (χ4v) is 3.94. The molecule has 2 unspecified atom stereocenters. The van der Waals surface area contributed by atoms with Crippen molar-refractivity contribution in [3.05, 3.63) is 70.7 Å². The number of ether oxygens (including phenoxy) is 1. The number of hydrogen-bond acceptors (Lipinski definition) is 4. The van der Waals surface area contributed by atoms with Gasteiger partial charge in [0.1, 0.15) is 29.0 Å². The van der Waals surface area contributed by atoms with Crippen LogP contribution in [0.5, 0.6) is 0 Å². The van der Waals surface area contributed by atoms with Gasteiger partial charge in [0.15, 0.2) is 0 Å². The van der Waals surface area contributed by atoms with E-state index in [9.17, 15) is 0 Å². The van der Waals surface area contributed by atoms with Crippen molar-refractivity contribution >= 4 is 11.9 Å². The third-order valence-electron chi connectivity index (χ3n) is 5.97. The summed E-state index contributed by atoms with van der Waals surface area (Å²) in [5.41, 5.74) is 3.18. The first kappa shape index (κ1) is 26.2. The van der Waals surface area contributed by atoms with E-state index >= 15 is 8.78 Å². The predicted molar refractivity (Wildman–Crippen MR) is 136 cm³/mol. The molecule has 7 heteroatoms. The molecule has 0 amide bonds. The Labute approximate surface area is 205 Å². The SMILES string of the molecule is C/C=C(C#N)\N=C/C(C)c1cc(F)c(-c2nc3cc(C)ccn3c2CC(CC)OCCC)c(F)c1. The average Bonchev–Trinajstić information content (AvgIpc) is 3.18. The molecule has 0 aliphatic rings. The van der Waals surface area contributed by atoms with Gasteiger partial charge in [0.25, 0.3) is 0 Å². The quantitative estimate of drug-likeness (QED) is 0.234. The highest BCUT2D eigenvalue weighted by molar-refractivity contribution is 5.72. The Bertz CT molecular complexity index is 1260. The third kappa shape index (κ3) is 6.01. The van der Waals surface area contributed by atoms with E-state index in [1.807, 2.05) is 49.6 Å². The molecule has 35 heavy (non-hydrogen) atoms. The maximum Gasteiger partial charge on any atom is 0.137 e. The summed E-state index contributed by atoms with van der Waals surface area (Å²) >= 11 is 0. The molecule has 2 aromatic heterocycles. The van der Waals surface area contributed by atoms with Crippen molar-refractivity contribution in [2.45, 2.75) is 65.9 Å². The monoisotopic (exact) mass is 478 g/mol. The molecular weight excluding hydrogens is 446 g/mol. The van der Waals surface area contributed by atoms with Crippen LogP contribution in [0.3, 0.4) is 0 Å². The van der Waals surface area contributed by atoms with Crippen LogP contribution in [0.15, 0.2) is 47.2 Å². The number of rotatable bonds is 10. The molecule has 0 aliphatic heterocycles. The Hall–Kier alpha value is -3.37. The highest BCUT2D eigenvalue weighted by Crippen LogP contribution is 2.33. The van der Waals surface area contributed by atoms with Crippen molar-refractivity contribution in [1.82, 2.24) is 9.38 Å². The summed E-state index contributed by atoms with van der Waals surface area (Å²) in [6.45, 7) is 10.2. The van der Waals surface area contributed by atoms with Crippen molar-refractivity contribution in [2.24, 2.45) is 4.99 Å². The van der Waals surface area contributed by atoms with Gasteiger partial charge in [-0.2, -0.15) is 5.26 Å². The van der Waals surface area contributed by atoms with E-state index in [0.717, 1.165) is 24.1 Å². The lowest BCUT2D eigenvalue weighted by Crippen LogP contribution is -2.17. The van der Waals surface area contributed by atoms with Crippen molar-refractivity contribution in [3.8, 4) is 17.3 Å². The van der Waals surface area contributed by atoms with Crippen LogP contribution in [0, 0.1) is 29.9 Å². The van der Waals surface area contributed by atoms with E-state index in [1.54, 1.807) is 19.9 Å². The number of hydrogen-bond donors (Lipinski definition) is 0. The molecule has 0 fully saturated rings. The number of allylic oxidation sites excluding steroid dienone is 2. The van der Waals surface area contributed by atoms with Gasteiger partial charge in [0.2, 0.25) is 0 Å².